The summed E-state index contributed by atoms with van der Waals surface area (Å²) in [5, 5.41) is 7.90. The molecule has 5 rings (SSSR count). The first kappa shape index (κ1) is 18.1. The normalized spacial score (nSPS) is 11.4. The number of aromatic nitrogens is 6. The lowest BCUT2D eigenvalue weighted by Gasteiger charge is -2.07. The number of nitrogens with one attached hydrogen (secondary N) is 2. The quantitative estimate of drug-likeness (QED) is 0.395. The van der Waals surface area contributed by atoms with E-state index in [4.69, 9.17) is 21.9 Å². The number of nitrogens with zero attached hydrogens (tertiary/aromatic N) is 5. The number of fused-ring (bicyclic) bond motifs is 2. The highest BCUT2D eigenvalue weighted by Crippen LogP contribution is 2.26. The second-order valence-corrected chi connectivity index (χ2v) is 7.16. The first-order valence-electron chi connectivity index (χ1n) is 8.97. The second-order valence-electron chi connectivity index (χ2n) is 6.72. The molecular formula is C19H15ClN8O2. The van der Waals surface area contributed by atoms with E-state index < -0.39 is 0 Å². The summed E-state index contributed by atoms with van der Waals surface area (Å²) >= 11 is 6.34. The van der Waals surface area contributed by atoms with Gasteiger partial charge in [0.1, 0.15) is 18.1 Å². The predicted molar refractivity (Wildman–Crippen MR) is 110 cm³/mol. The fourth-order valence-electron chi connectivity index (χ4n) is 3.35. The van der Waals surface area contributed by atoms with Crippen molar-refractivity contribution in [2.24, 2.45) is 0 Å². The van der Waals surface area contributed by atoms with Crippen LogP contribution >= 0.6 is 11.6 Å². The predicted octanol–water partition coefficient (Wildman–Crippen LogP) is 2.51. The van der Waals surface area contributed by atoms with E-state index in [0.29, 0.717) is 40.7 Å². The van der Waals surface area contributed by atoms with Gasteiger partial charge >= 0.3 is 0 Å². The van der Waals surface area contributed by atoms with Crippen molar-refractivity contribution in [3.05, 3.63) is 65.2 Å². The molecular weight excluding hydrogens is 408 g/mol. The highest BCUT2D eigenvalue weighted by molar-refractivity contribution is 6.31. The monoisotopic (exact) mass is 422 g/mol. The molecule has 0 fully saturated rings. The van der Waals surface area contributed by atoms with Gasteiger partial charge in [-0.05, 0) is 23.8 Å². The summed E-state index contributed by atoms with van der Waals surface area (Å²) in [5.41, 5.74) is 10.1. The van der Waals surface area contributed by atoms with Crippen LogP contribution in [0.2, 0.25) is 5.02 Å². The second kappa shape index (κ2) is 7.16. The third-order valence-electron chi connectivity index (χ3n) is 4.73. The lowest BCUT2D eigenvalue weighted by molar-refractivity contribution is 0.0950. The van der Waals surface area contributed by atoms with E-state index in [2.05, 4.69) is 30.4 Å². The third kappa shape index (κ3) is 3.22. The van der Waals surface area contributed by atoms with Gasteiger partial charge in [-0.25, -0.2) is 15.0 Å². The lowest BCUT2D eigenvalue weighted by Crippen LogP contribution is -2.22. The van der Waals surface area contributed by atoms with Crippen molar-refractivity contribution in [1.82, 2.24) is 35.0 Å². The summed E-state index contributed by atoms with van der Waals surface area (Å²) in [7, 11) is 0. The van der Waals surface area contributed by atoms with Crippen molar-refractivity contribution in [3.8, 4) is 0 Å². The number of carbonyl (C=O) groups is 1. The number of amides is 1. The average molecular weight is 423 g/mol. The van der Waals surface area contributed by atoms with Crippen molar-refractivity contribution in [3.63, 3.8) is 0 Å². The Morgan fingerprint density at radius 3 is 3.00 bits per heavy atom. The first-order chi connectivity index (χ1) is 14.6. The summed E-state index contributed by atoms with van der Waals surface area (Å²) < 4.78 is 6.58. The van der Waals surface area contributed by atoms with Gasteiger partial charge in [0, 0.05) is 16.1 Å². The Morgan fingerprint density at radius 1 is 1.27 bits per heavy atom. The van der Waals surface area contributed by atoms with E-state index in [0.717, 1.165) is 22.2 Å². The molecule has 0 saturated heterocycles. The maximum absolute atomic E-state index is 12.1. The summed E-state index contributed by atoms with van der Waals surface area (Å²) in [6.07, 6.45) is 5.74. The summed E-state index contributed by atoms with van der Waals surface area (Å²) in [6, 6.07) is 5.70. The van der Waals surface area contributed by atoms with Gasteiger partial charge in [-0.2, -0.15) is 0 Å². The number of aromatic amines is 1. The summed E-state index contributed by atoms with van der Waals surface area (Å²) in [5.74, 6) is 0.0658. The van der Waals surface area contributed by atoms with Crippen LogP contribution in [-0.2, 0) is 13.1 Å². The zero-order valence-electron chi connectivity index (χ0n) is 15.5. The SMILES string of the molecule is Nc1ncnc2c1ncn2Cc1cc(Cl)cc2cc(CNC(=O)c3cnoc3)[nH]c12. The van der Waals surface area contributed by atoms with Crippen molar-refractivity contribution >= 4 is 45.4 Å². The van der Waals surface area contributed by atoms with Crippen LogP contribution in [0.3, 0.4) is 0 Å². The highest BCUT2D eigenvalue weighted by atomic mass is 35.5. The van der Waals surface area contributed by atoms with Crippen LogP contribution in [0.15, 0.2) is 47.8 Å². The minimum atomic E-state index is -0.268. The van der Waals surface area contributed by atoms with Crippen molar-refractivity contribution < 1.29 is 9.32 Å². The van der Waals surface area contributed by atoms with Crippen LogP contribution in [0, 0.1) is 0 Å². The molecule has 10 nitrogen and oxygen atoms in total. The molecule has 30 heavy (non-hydrogen) atoms. The molecule has 4 N–H and O–H groups in total. The van der Waals surface area contributed by atoms with E-state index in [-0.39, 0.29) is 5.91 Å². The van der Waals surface area contributed by atoms with E-state index in [1.807, 2.05) is 22.8 Å². The fourth-order valence-corrected chi connectivity index (χ4v) is 3.60. The Labute approximate surface area is 174 Å². The molecule has 11 heteroatoms. The lowest BCUT2D eigenvalue weighted by atomic mass is 10.1. The number of nitrogen functional groups attached to an aromatic ring is 1. The molecule has 0 aliphatic carbocycles. The fraction of sp³-hybridized carbons (Fsp3) is 0.105. The average Bonchev–Trinajstić information content (AvgIpc) is 3.46. The number of H-pyrrole nitrogens is 1. The summed E-state index contributed by atoms with van der Waals surface area (Å²) in [4.78, 5) is 28.0. The number of hydrogen-bond acceptors (Lipinski definition) is 7. The van der Waals surface area contributed by atoms with Crippen LogP contribution in [-0.4, -0.2) is 35.6 Å². The van der Waals surface area contributed by atoms with E-state index in [1.54, 1.807) is 6.33 Å². The molecule has 5 aromatic rings. The van der Waals surface area contributed by atoms with Crippen LogP contribution in [0.4, 0.5) is 5.82 Å². The maximum Gasteiger partial charge on any atom is 0.256 e. The van der Waals surface area contributed by atoms with Crippen molar-refractivity contribution in [2.75, 3.05) is 5.73 Å². The molecule has 1 aromatic carbocycles. The van der Waals surface area contributed by atoms with Crippen LogP contribution in [0.25, 0.3) is 22.1 Å². The molecule has 4 aromatic heterocycles. The topological polar surface area (TPSA) is 141 Å². The first-order valence-corrected chi connectivity index (χ1v) is 9.35. The van der Waals surface area contributed by atoms with Gasteiger partial charge in [0.05, 0.1) is 36.7 Å². The number of benzene rings is 1. The molecule has 0 saturated carbocycles. The van der Waals surface area contributed by atoms with Gasteiger partial charge < -0.3 is 25.1 Å². The van der Waals surface area contributed by atoms with Gasteiger partial charge in [-0.3, -0.25) is 4.79 Å². The maximum atomic E-state index is 12.1. The molecule has 4 heterocycles. The Morgan fingerprint density at radius 2 is 2.17 bits per heavy atom. The minimum absolute atomic E-state index is 0.268. The third-order valence-corrected chi connectivity index (χ3v) is 4.95. The zero-order chi connectivity index (χ0) is 20.7. The molecule has 0 unspecified atom stereocenters. The zero-order valence-corrected chi connectivity index (χ0v) is 16.2. The highest BCUT2D eigenvalue weighted by Gasteiger charge is 2.13. The molecule has 0 aliphatic rings. The van der Waals surface area contributed by atoms with E-state index >= 15 is 0 Å². The Bertz CT molecular complexity index is 1370. The standard InChI is InChI=1S/C19H15ClN8O2/c20-13-1-10-3-14(5-22-19(29)12-4-26-30-7-12)27-15(10)11(2-13)6-28-9-25-16-17(21)23-8-24-18(16)28/h1-4,7-9,27H,5-6H2,(H,22,29)(H2,21,23,24). The van der Waals surface area contributed by atoms with Gasteiger partial charge in [-0.15, -0.1) is 0 Å². The minimum Gasteiger partial charge on any atom is -0.382 e. The van der Waals surface area contributed by atoms with Crippen LogP contribution in [0.5, 0.6) is 0 Å². The number of hydrogen-bond donors (Lipinski definition) is 3. The van der Waals surface area contributed by atoms with Gasteiger partial charge in [0.2, 0.25) is 0 Å². The molecule has 0 atom stereocenters. The largest absolute Gasteiger partial charge is 0.382 e. The molecule has 0 bridgehead atoms. The molecule has 0 spiro atoms. The summed E-state index contributed by atoms with van der Waals surface area (Å²) in [6.45, 7) is 0.796. The smallest absolute Gasteiger partial charge is 0.256 e. The van der Waals surface area contributed by atoms with Gasteiger partial charge in [0.25, 0.3) is 5.91 Å². The van der Waals surface area contributed by atoms with Gasteiger partial charge in [0.15, 0.2) is 11.5 Å². The van der Waals surface area contributed by atoms with Crippen LogP contribution < -0.4 is 11.1 Å². The van der Waals surface area contributed by atoms with E-state index in [9.17, 15) is 4.79 Å². The van der Waals surface area contributed by atoms with E-state index in [1.165, 1.54) is 18.8 Å². The molecule has 1 amide bonds. The number of rotatable bonds is 5. The Hall–Kier alpha value is -3.92. The number of halogens is 1. The Kier molecular flexibility index (Phi) is 4.32. The molecule has 0 radical (unpaired) electrons. The Balaban J connectivity index is 1.45. The molecule has 150 valence electrons. The number of imidazole rings is 1. The number of nitrogens with two attached hydrogens (primary N) is 1. The molecule has 0 aliphatic heterocycles. The number of carbonyl (C=O) groups excluding carboxylic acids is 1. The van der Waals surface area contributed by atoms with Crippen LogP contribution in [0.1, 0.15) is 21.6 Å². The number of anilines is 1. The van der Waals surface area contributed by atoms with Gasteiger partial charge in [-0.1, -0.05) is 16.8 Å². The van der Waals surface area contributed by atoms with Crippen molar-refractivity contribution in [2.45, 2.75) is 13.1 Å². The van der Waals surface area contributed by atoms with Crippen molar-refractivity contribution in [1.29, 1.82) is 0 Å².